The molecule has 5 rings (SSSR count). The normalized spacial score (nSPS) is 19.1. The van der Waals surface area contributed by atoms with Gasteiger partial charge in [0, 0.05) is 48.5 Å². The fourth-order valence-corrected chi connectivity index (χ4v) is 6.51. The SMILES string of the molecule is CC1CCCN(c2cc(Sc3ncccn3)nc(NC(=S)NCC3(c4ccc(Cl)cc4)CCCCC3)n2)C1. The maximum Gasteiger partial charge on any atom is 0.232 e. The van der Waals surface area contributed by atoms with Crippen molar-refractivity contribution in [2.75, 3.05) is 29.9 Å². The largest absolute Gasteiger partial charge is 0.361 e. The van der Waals surface area contributed by atoms with Crippen molar-refractivity contribution < 1.29 is 0 Å². The van der Waals surface area contributed by atoms with Crippen molar-refractivity contribution >= 4 is 52.5 Å². The van der Waals surface area contributed by atoms with E-state index < -0.39 is 0 Å². The molecule has 2 fully saturated rings. The first kappa shape index (κ1) is 27.1. The third-order valence-electron chi connectivity index (χ3n) is 7.49. The van der Waals surface area contributed by atoms with Crippen molar-refractivity contribution in [3.63, 3.8) is 0 Å². The minimum Gasteiger partial charge on any atom is -0.361 e. The van der Waals surface area contributed by atoms with E-state index in [1.54, 1.807) is 12.4 Å². The van der Waals surface area contributed by atoms with Gasteiger partial charge < -0.3 is 15.5 Å². The van der Waals surface area contributed by atoms with Gasteiger partial charge in [-0.2, -0.15) is 4.98 Å². The lowest BCUT2D eigenvalue weighted by Crippen LogP contribution is -2.43. The minimum atomic E-state index is 0.0346. The molecule has 1 unspecified atom stereocenters. The molecule has 2 aliphatic rings. The number of piperidine rings is 1. The van der Waals surface area contributed by atoms with Gasteiger partial charge in [0.05, 0.1) is 0 Å². The van der Waals surface area contributed by atoms with Crippen molar-refractivity contribution in [3.05, 3.63) is 59.4 Å². The van der Waals surface area contributed by atoms with Gasteiger partial charge in [0.25, 0.3) is 0 Å². The van der Waals surface area contributed by atoms with Crippen LogP contribution in [0.5, 0.6) is 0 Å². The molecule has 10 heteroatoms. The number of aromatic nitrogens is 4. The Hall–Kier alpha value is -2.49. The van der Waals surface area contributed by atoms with E-state index in [0.717, 1.165) is 54.8 Å². The van der Waals surface area contributed by atoms with E-state index in [-0.39, 0.29) is 5.41 Å². The highest BCUT2D eigenvalue weighted by molar-refractivity contribution is 7.99. The van der Waals surface area contributed by atoms with Crippen molar-refractivity contribution in [1.29, 1.82) is 0 Å². The maximum absolute atomic E-state index is 6.18. The summed E-state index contributed by atoms with van der Waals surface area (Å²) in [6.07, 6.45) is 11.8. The summed E-state index contributed by atoms with van der Waals surface area (Å²) in [6, 6.07) is 12.1. The van der Waals surface area contributed by atoms with Gasteiger partial charge in [-0.25, -0.2) is 15.0 Å². The molecule has 0 bridgehead atoms. The van der Waals surface area contributed by atoms with Crippen LogP contribution < -0.4 is 15.5 Å². The van der Waals surface area contributed by atoms with Crippen LogP contribution in [0.25, 0.3) is 0 Å². The lowest BCUT2D eigenvalue weighted by molar-refractivity contribution is 0.292. The predicted octanol–water partition coefficient (Wildman–Crippen LogP) is 6.50. The van der Waals surface area contributed by atoms with Gasteiger partial charge in [-0.1, -0.05) is 49.9 Å². The van der Waals surface area contributed by atoms with E-state index in [4.69, 9.17) is 33.8 Å². The molecule has 1 aliphatic heterocycles. The molecule has 2 N–H and O–H groups in total. The Bertz CT molecular complexity index is 1220. The van der Waals surface area contributed by atoms with Crippen molar-refractivity contribution in [1.82, 2.24) is 25.3 Å². The molecule has 38 heavy (non-hydrogen) atoms. The average molecular weight is 568 g/mol. The van der Waals surface area contributed by atoms with E-state index in [1.807, 2.05) is 24.3 Å². The molecule has 1 aromatic carbocycles. The first-order chi connectivity index (χ1) is 18.5. The van der Waals surface area contributed by atoms with Crippen LogP contribution in [0.2, 0.25) is 5.02 Å². The Morgan fingerprint density at radius 1 is 1.11 bits per heavy atom. The molecule has 1 saturated carbocycles. The first-order valence-corrected chi connectivity index (χ1v) is 15.0. The van der Waals surface area contributed by atoms with E-state index >= 15 is 0 Å². The van der Waals surface area contributed by atoms with Crippen LogP contribution in [-0.2, 0) is 5.41 Å². The van der Waals surface area contributed by atoms with E-state index in [9.17, 15) is 0 Å². The molecule has 0 spiro atoms. The first-order valence-electron chi connectivity index (χ1n) is 13.4. The van der Waals surface area contributed by atoms with Crippen LogP contribution in [-0.4, -0.2) is 44.7 Å². The summed E-state index contributed by atoms with van der Waals surface area (Å²) in [5.74, 6) is 2.02. The van der Waals surface area contributed by atoms with Gasteiger partial charge in [-0.05, 0) is 79.3 Å². The maximum atomic E-state index is 6.18. The van der Waals surface area contributed by atoms with Crippen LogP contribution >= 0.6 is 35.6 Å². The predicted molar refractivity (Wildman–Crippen MR) is 159 cm³/mol. The number of halogens is 1. The summed E-state index contributed by atoms with van der Waals surface area (Å²) in [7, 11) is 0. The smallest absolute Gasteiger partial charge is 0.232 e. The Morgan fingerprint density at radius 2 is 1.87 bits per heavy atom. The molecule has 1 aliphatic carbocycles. The van der Waals surface area contributed by atoms with Crippen molar-refractivity contribution in [2.24, 2.45) is 5.92 Å². The minimum absolute atomic E-state index is 0.0346. The zero-order valence-corrected chi connectivity index (χ0v) is 24.1. The van der Waals surface area contributed by atoms with Gasteiger partial charge in [-0.15, -0.1) is 0 Å². The second-order valence-electron chi connectivity index (χ2n) is 10.4. The summed E-state index contributed by atoms with van der Waals surface area (Å²) in [4.78, 5) is 20.7. The van der Waals surface area contributed by atoms with Gasteiger partial charge in [0.15, 0.2) is 10.3 Å². The molecular weight excluding hydrogens is 534 g/mol. The van der Waals surface area contributed by atoms with E-state index in [1.165, 1.54) is 43.0 Å². The number of nitrogens with one attached hydrogen (secondary N) is 2. The molecule has 2 aromatic heterocycles. The van der Waals surface area contributed by atoms with Crippen LogP contribution in [0.1, 0.15) is 57.4 Å². The fraction of sp³-hybridized carbons (Fsp3) is 0.464. The molecule has 7 nitrogen and oxygen atoms in total. The van der Waals surface area contributed by atoms with Gasteiger partial charge in [-0.3, -0.25) is 0 Å². The molecule has 1 atom stereocenters. The topological polar surface area (TPSA) is 78.9 Å². The number of anilines is 2. The Balaban J connectivity index is 1.33. The van der Waals surface area contributed by atoms with E-state index in [0.29, 0.717) is 22.1 Å². The molecule has 1 saturated heterocycles. The molecular formula is C28H34ClN7S2. The van der Waals surface area contributed by atoms with E-state index in [2.05, 4.69) is 44.6 Å². The Morgan fingerprint density at radius 3 is 2.61 bits per heavy atom. The highest BCUT2D eigenvalue weighted by Gasteiger charge is 2.34. The lowest BCUT2D eigenvalue weighted by Gasteiger charge is -2.38. The number of hydrogen-bond acceptors (Lipinski definition) is 7. The molecule has 3 heterocycles. The average Bonchev–Trinajstić information content (AvgIpc) is 2.93. The molecule has 0 amide bonds. The molecule has 0 radical (unpaired) electrons. The molecule has 200 valence electrons. The highest BCUT2D eigenvalue weighted by Crippen LogP contribution is 2.39. The second kappa shape index (κ2) is 12.6. The summed E-state index contributed by atoms with van der Waals surface area (Å²) in [5, 5.41) is 9.49. The summed E-state index contributed by atoms with van der Waals surface area (Å²) < 4.78 is 0. The third kappa shape index (κ3) is 6.93. The van der Waals surface area contributed by atoms with Crippen LogP contribution in [0.15, 0.2) is 59.0 Å². The van der Waals surface area contributed by atoms with Gasteiger partial charge >= 0.3 is 0 Å². The van der Waals surface area contributed by atoms with Gasteiger partial charge in [0.2, 0.25) is 5.95 Å². The summed E-state index contributed by atoms with van der Waals surface area (Å²) >= 11 is 13.4. The Kier molecular flexibility index (Phi) is 8.97. The fourth-order valence-electron chi connectivity index (χ4n) is 5.51. The monoisotopic (exact) mass is 567 g/mol. The van der Waals surface area contributed by atoms with Crippen LogP contribution in [0.4, 0.5) is 11.8 Å². The number of rotatable bonds is 7. The van der Waals surface area contributed by atoms with Crippen molar-refractivity contribution in [2.45, 2.75) is 67.5 Å². The summed E-state index contributed by atoms with van der Waals surface area (Å²) in [6.45, 7) is 5.01. The van der Waals surface area contributed by atoms with Crippen LogP contribution in [0, 0.1) is 5.92 Å². The highest BCUT2D eigenvalue weighted by atomic mass is 35.5. The number of benzene rings is 1. The lowest BCUT2D eigenvalue weighted by atomic mass is 9.69. The standard InChI is InChI=1S/C28H34ClN7S2/c1-20-7-5-16-36(18-20)23-17-24(38-27-30-14-6-15-31-27)34-25(33-23)35-26(37)32-19-28(12-3-2-4-13-28)21-8-10-22(29)11-9-21/h6,8-11,14-15,17,20H,2-5,7,12-13,16,18-19H2,1H3,(H2,32,33,34,35,37). The zero-order chi connectivity index (χ0) is 26.4. The molecule has 3 aromatic rings. The van der Waals surface area contributed by atoms with Gasteiger partial charge in [0.1, 0.15) is 10.8 Å². The Labute approximate surface area is 239 Å². The zero-order valence-electron chi connectivity index (χ0n) is 21.7. The van der Waals surface area contributed by atoms with Crippen molar-refractivity contribution in [3.8, 4) is 0 Å². The number of hydrogen-bond donors (Lipinski definition) is 2. The quantitative estimate of drug-likeness (QED) is 0.189. The number of thiocarbonyl (C=S) groups is 1. The summed E-state index contributed by atoms with van der Waals surface area (Å²) in [5.41, 5.74) is 1.35. The number of nitrogens with zero attached hydrogens (tertiary/aromatic N) is 5. The third-order valence-corrected chi connectivity index (χ3v) is 8.80. The van der Waals surface area contributed by atoms with Crippen LogP contribution in [0.3, 0.4) is 0 Å². The second-order valence-corrected chi connectivity index (χ2v) is 12.2.